The van der Waals surface area contributed by atoms with Crippen molar-refractivity contribution >= 4 is 17.4 Å². The highest BCUT2D eigenvalue weighted by atomic mass is 16.2. The standard InChI is InChI=1S/C16H19N3O/c1-11-4-3-5-13(10-11)12(2)18-14-6-8-15(9-7-14)19-16(17)20/h3-10,12,18H,1-2H3,(H3,17,19,20). The Morgan fingerprint density at radius 1 is 1.10 bits per heavy atom. The highest BCUT2D eigenvalue weighted by Gasteiger charge is 2.05. The maximum Gasteiger partial charge on any atom is 0.316 e. The lowest BCUT2D eigenvalue weighted by atomic mass is 10.1. The number of carbonyl (C=O) groups is 1. The van der Waals surface area contributed by atoms with Gasteiger partial charge in [-0.2, -0.15) is 0 Å². The molecule has 104 valence electrons. The van der Waals surface area contributed by atoms with Crippen LogP contribution in [0.5, 0.6) is 0 Å². The Balaban J connectivity index is 2.04. The lowest BCUT2D eigenvalue weighted by Gasteiger charge is -2.16. The summed E-state index contributed by atoms with van der Waals surface area (Å²) in [6.45, 7) is 4.20. The monoisotopic (exact) mass is 269 g/mol. The van der Waals surface area contributed by atoms with Crippen LogP contribution in [-0.4, -0.2) is 6.03 Å². The first-order chi connectivity index (χ1) is 9.54. The van der Waals surface area contributed by atoms with Gasteiger partial charge in [-0.25, -0.2) is 4.79 Å². The molecule has 0 radical (unpaired) electrons. The van der Waals surface area contributed by atoms with Gasteiger partial charge < -0.3 is 16.4 Å². The summed E-state index contributed by atoms with van der Waals surface area (Å²) in [7, 11) is 0. The molecule has 0 fully saturated rings. The smallest absolute Gasteiger partial charge is 0.316 e. The number of hydrogen-bond donors (Lipinski definition) is 3. The number of nitrogens with two attached hydrogens (primary N) is 1. The average Bonchev–Trinajstić information content (AvgIpc) is 2.40. The van der Waals surface area contributed by atoms with E-state index in [0.29, 0.717) is 5.69 Å². The van der Waals surface area contributed by atoms with Crippen molar-refractivity contribution in [2.75, 3.05) is 10.6 Å². The van der Waals surface area contributed by atoms with Crippen molar-refractivity contribution in [2.24, 2.45) is 5.73 Å². The van der Waals surface area contributed by atoms with E-state index in [0.717, 1.165) is 5.69 Å². The number of nitrogens with one attached hydrogen (secondary N) is 2. The van der Waals surface area contributed by atoms with Gasteiger partial charge in [-0.05, 0) is 43.7 Å². The van der Waals surface area contributed by atoms with Crippen LogP contribution in [0, 0.1) is 6.92 Å². The molecule has 4 N–H and O–H groups in total. The summed E-state index contributed by atoms with van der Waals surface area (Å²) in [5, 5.41) is 5.96. The fourth-order valence-electron chi connectivity index (χ4n) is 2.06. The summed E-state index contributed by atoms with van der Waals surface area (Å²) >= 11 is 0. The average molecular weight is 269 g/mol. The minimum atomic E-state index is -0.557. The van der Waals surface area contributed by atoms with Gasteiger partial charge in [-0.15, -0.1) is 0 Å². The molecule has 2 aromatic carbocycles. The van der Waals surface area contributed by atoms with Crippen molar-refractivity contribution in [2.45, 2.75) is 19.9 Å². The summed E-state index contributed by atoms with van der Waals surface area (Å²) < 4.78 is 0. The molecule has 2 amide bonds. The second-order valence-corrected chi connectivity index (χ2v) is 4.85. The van der Waals surface area contributed by atoms with E-state index in [-0.39, 0.29) is 6.04 Å². The quantitative estimate of drug-likeness (QED) is 0.793. The van der Waals surface area contributed by atoms with E-state index in [4.69, 9.17) is 5.73 Å². The largest absolute Gasteiger partial charge is 0.379 e. The van der Waals surface area contributed by atoms with Crippen LogP contribution in [0.2, 0.25) is 0 Å². The fraction of sp³-hybridized carbons (Fsp3) is 0.188. The van der Waals surface area contributed by atoms with E-state index in [2.05, 4.69) is 48.7 Å². The van der Waals surface area contributed by atoms with E-state index >= 15 is 0 Å². The van der Waals surface area contributed by atoms with Crippen LogP contribution in [0.3, 0.4) is 0 Å². The molecular weight excluding hydrogens is 250 g/mol. The molecule has 1 unspecified atom stereocenters. The van der Waals surface area contributed by atoms with Crippen LogP contribution in [0.15, 0.2) is 48.5 Å². The van der Waals surface area contributed by atoms with Crippen LogP contribution in [0.25, 0.3) is 0 Å². The van der Waals surface area contributed by atoms with E-state index in [9.17, 15) is 4.79 Å². The van der Waals surface area contributed by atoms with Crippen molar-refractivity contribution < 1.29 is 4.79 Å². The zero-order valence-corrected chi connectivity index (χ0v) is 11.7. The molecule has 4 heteroatoms. The van der Waals surface area contributed by atoms with Crippen molar-refractivity contribution in [1.29, 1.82) is 0 Å². The van der Waals surface area contributed by atoms with Crippen molar-refractivity contribution in [3.63, 3.8) is 0 Å². The van der Waals surface area contributed by atoms with Crippen LogP contribution < -0.4 is 16.4 Å². The molecule has 0 aliphatic heterocycles. The van der Waals surface area contributed by atoms with Gasteiger partial charge in [0.2, 0.25) is 0 Å². The summed E-state index contributed by atoms with van der Waals surface area (Å²) in [6, 6.07) is 15.5. The Bertz CT molecular complexity index is 593. The first-order valence-electron chi connectivity index (χ1n) is 6.54. The Hall–Kier alpha value is -2.49. The van der Waals surface area contributed by atoms with Crippen LogP contribution >= 0.6 is 0 Å². The first-order valence-corrected chi connectivity index (χ1v) is 6.54. The third kappa shape index (κ3) is 3.75. The van der Waals surface area contributed by atoms with E-state index in [1.165, 1.54) is 11.1 Å². The van der Waals surface area contributed by atoms with Crippen molar-refractivity contribution in [1.82, 2.24) is 0 Å². The van der Waals surface area contributed by atoms with Gasteiger partial charge in [0.1, 0.15) is 0 Å². The van der Waals surface area contributed by atoms with Crippen LogP contribution in [0.1, 0.15) is 24.1 Å². The highest BCUT2D eigenvalue weighted by Crippen LogP contribution is 2.21. The number of rotatable bonds is 4. The Morgan fingerprint density at radius 3 is 2.35 bits per heavy atom. The highest BCUT2D eigenvalue weighted by molar-refractivity contribution is 5.87. The second-order valence-electron chi connectivity index (χ2n) is 4.85. The molecule has 0 heterocycles. The third-order valence-corrected chi connectivity index (χ3v) is 3.08. The molecule has 0 aliphatic rings. The second kappa shape index (κ2) is 6.10. The van der Waals surface area contributed by atoms with E-state index < -0.39 is 6.03 Å². The van der Waals surface area contributed by atoms with Crippen LogP contribution in [0.4, 0.5) is 16.2 Å². The topological polar surface area (TPSA) is 67.2 Å². The lowest BCUT2D eigenvalue weighted by molar-refractivity contribution is 0.259. The maximum atomic E-state index is 10.7. The van der Waals surface area contributed by atoms with E-state index in [1.807, 2.05) is 24.3 Å². The minimum absolute atomic E-state index is 0.213. The summed E-state index contributed by atoms with van der Waals surface area (Å²) in [5.41, 5.74) is 9.24. The maximum absolute atomic E-state index is 10.7. The number of benzene rings is 2. The molecule has 4 nitrogen and oxygen atoms in total. The number of carbonyl (C=O) groups excluding carboxylic acids is 1. The third-order valence-electron chi connectivity index (χ3n) is 3.08. The molecule has 0 aromatic heterocycles. The van der Waals surface area contributed by atoms with Gasteiger partial charge in [0.05, 0.1) is 0 Å². The predicted octanol–water partition coefficient (Wildman–Crippen LogP) is 3.66. The van der Waals surface area contributed by atoms with Gasteiger partial charge in [0.25, 0.3) is 0 Å². The zero-order chi connectivity index (χ0) is 14.5. The molecule has 0 saturated heterocycles. The van der Waals surface area contributed by atoms with Crippen molar-refractivity contribution in [3.8, 4) is 0 Å². The molecule has 20 heavy (non-hydrogen) atoms. The van der Waals surface area contributed by atoms with Crippen LogP contribution in [-0.2, 0) is 0 Å². The Morgan fingerprint density at radius 2 is 1.75 bits per heavy atom. The molecular formula is C16H19N3O. The van der Waals surface area contributed by atoms with Crippen molar-refractivity contribution in [3.05, 3.63) is 59.7 Å². The number of aryl methyl sites for hydroxylation is 1. The SMILES string of the molecule is Cc1cccc(C(C)Nc2ccc(NC(N)=O)cc2)c1. The summed E-state index contributed by atoms with van der Waals surface area (Å²) in [5.74, 6) is 0. The minimum Gasteiger partial charge on any atom is -0.379 e. The normalized spacial score (nSPS) is 11.7. The molecule has 0 saturated carbocycles. The molecule has 0 aliphatic carbocycles. The first kappa shape index (κ1) is 13.9. The number of hydrogen-bond acceptors (Lipinski definition) is 2. The molecule has 0 bridgehead atoms. The van der Waals surface area contributed by atoms with Gasteiger partial charge in [0, 0.05) is 17.4 Å². The molecule has 2 rings (SSSR count). The van der Waals surface area contributed by atoms with E-state index in [1.54, 1.807) is 0 Å². The number of amides is 2. The summed E-state index contributed by atoms with van der Waals surface area (Å²) in [6.07, 6.45) is 0. The Kier molecular flexibility index (Phi) is 4.25. The molecule has 0 spiro atoms. The van der Waals surface area contributed by atoms with Gasteiger partial charge in [0.15, 0.2) is 0 Å². The van der Waals surface area contributed by atoms with Gasteiger partial charge in [-0.3, -0.25) is 0 Å². The zero-order valence-electron chi connectivity index (χ0n) is 11.7. The lowest BCUT2D eigenvalue weighted by Crippen LogP contribution is -2.19. The molecule has 1 atom stereocenters. The van der Waals surface area contributed by atoms with Gasteiger partial charge >= 0.3 is 6.03 Å². The molecule has 2 aromatic rings. The number of urea groups is 1. The Labute approximate surface area is 119 Å². The number of anilines is 2. The predicted molar refractivity (Wildman–Crippen MR) is 82.9 cm³/mol. The van der Waals surface area contributed by atoms with Gasteiger partial charge in [-0.1, -0.05) is 29.8 Å². The fourth-order valence-corrected chi connectivity index (χ4v) is 2.06. The number of primary amides is 1. The summed E-state index contributed by atoms with van der Waals surface area (Å²) in [4.78, 5) is 10.7.